The molecule has 2 N–H and O–H groups in total. The molecule has 2 amide bonds. The van der Waals surface area contributed by atoms with E-state index in [9.17, 15) is 9.59 Å². The topological polar surface area (TPSA) is 61.4 Å². The second-order valence-corrected chi connectivity index (χ2v) is 7.20. The highest BCUT2D eigenvalue weighted by Gasteiger charge is 2.24. The fraction of sp³-hybridized carbons (Fsp3) is 0.429. The average molecular weight is 355 g/mol. The standard InChI is InChI=1S/C21H29N3O2/c1-15(2)20(21(26)22-12-13-24(3)4)23-19(25)14-17-10-7-9-16-8-5-6-11-18(16)17/h5-11,15,20H,12-14H2,1-4H3,(H,22,26)(H,23,25)/t20-/m0/s1. The molecule has 0 aromatic heterocycles. The van der Waals surface area contributed by atoms with E-state index in [1.165, 1.54) is 0 Å². The highest BCUT2D eigenvalue weighted by Crippen LogP contribution is 2.19. The van der Waals surface area contributed by atoms with E-state index in [0.29, 0.717) is 6.54 Å². The molecule has 0 fully saturated rings. The van der Waals surface area contributed by atoms with E-state index < -0.39 is 6.04 Å². The summed E-state index contributed by atoms with van der Waals surface area (Å²) in [7, 11) is 3.91. The lowest BCUT2D eigenvalue weighted by Crippen LogP contribution is -2.51. The predicted octanol–water partition coefficient (Wildman–Crippen LogP) is 2.20. The smallest absolute Gasteiger partial charge is 0.242 e. The first-order valence-corrected chi connectivity index (χ1v) is 9.07. The Bertz CT molecular complexity index is 751. The van der Waals surface area contributed by atoms with Gasteiger partial charge in [0, 0.05) is 13.1 Å². The first-order valence-electron chi connectivity index (χ1n) is 9.07. The molecule has 0 unspecified atom stereocenters. The van der Waals surface area contributed by atoms with Gasteiger partial charge in [-0.05, 0) is 36.3 Å². The number of benzene rings is 2. The second kappa shape index (κ2) is 9.34. The monoisotopic (exact) mass is 355 g/mol. The van der Waals surface area contributed by atoms with E-state index in [1.807, 2.05) is 75.3 Å². The lowest BCUT2D eigenvalue weighted by Gasteiger charge is -2.22. The summed E-state index contributed by atoms with van der Waals surface area (Å²) in [5.74, 6) is -0.248. The molecule has 1 atom stereocenters. The summed E-state index contributed by atoms with van der Waals surface area (Å²) in [6.07, 6.45) is 0.259. The first-order chi connectivity index (χ1) is 12.4. The molecule has 0 radical (unpaired) electrons. The quantitative estimate of drug-likeness (QED) is 0.763. The maximum absolute atomic E-state index is 12.6. The molecule has 0 aliphatic carbocycles. The van der Waals surface area contributed by atoms with Crippen LogP contribution < -0.4 is 10.6 Å². The minimum absolute atomic E-state index is 0.0193. The number of nitrogens with zero attached hydrogens (tertiary/aromatic N) is 1. The number of amides is 2. The third-order valence-corrected chi connectivity index (χ3v) is 4.35. The summed E-state index contributed by atoms with van der Waals surface area (Å²) in [5.41, 5.74) is 0.969. The summed E-state index contributed by atoms with van der Waals surface area (Å²) in [6, 6.07) is 13.4. The number of likely N-dealkylation sites (N-methyl/N-ethyl adjacent to an activating group) is 1. The molecule has 0 bridgehead atoms. The van der Waals surface area contributed by atoms with E-state index >= 15 is 0 Å². The van der Waals surface area contributed by atoms with Crippen molar-refractivity contribution in [3.8, 4) is 0 Å². The summed E-state index contributed by atoms with van der Waals surface area (Å²) >= 11 is 0. The van der Waals surface area contributed by atoms with Crippen molar-refractivity contribution < 1.29 is 9.59 Å². The van der Waals surface area contributed by atoms with Gasteiger partial charge >= 0.3 is 0 Å². The molecule has 2 aromatic carbocycles. The summed E-state index contributed by atoms with van der Waals surface area (Å²) in [6.45, 7) is 5.21. The van der Waals surface area contributed by atoms with Gasteiger partial charge in [0.1, 0.15) is 6.04 Å². The number of hydrogen-bond donors (Lipinski definition) is 2. The average Bonchev–Trinajstić information content (AvgIpc) is 2.59. The van der Waals surface area contributed by atoms with Gasteiger partial charge < -0.3 is 15.5 Å². The van der Waals surface area contributed by atoms with Gasteiger partial charge in [-0.2, -0.15) is 0 Å². The molecular formula is C21H29N3O2. The minimum Gasteiger partial charge on any atom is -0.353 e. The largest absolute Gasteiger partial charge is 0.353 e. The van der Waals surface area contributed by atoms with Crippen LogP contribution in [0.15, 0.2) is 42.5 Å². The minimum atomic E-state index is -0.528. The second-order valence-electron chi connectivity index (χ2n) is 7.20. The molecule has 0 saturated carbocycles. The van der Waals surface area contributed by atoms with Crippen LogP contribution in [-0.2, 0) is 16.0 Å². The van der Waals surface area contributed by atoms with Crippen LogP contribution in [0.1, 0.15) is 19.4 Å². The Morgan fingerprint density at radius 3 is 2.42 bits per heavy atom. The van der Waals surface area contributed by atoms with Crippen LogP contribution >= 0.6 is 0 Å². The van der Waals surface area contributed by atoms with E-state index in [1.54, 1.807) is 0 Å². The number of carbonyl (C=O) groups is 2. The molecule has 5 heteroatoms. The fourth-order valence-corrected chi connectivity index (χ4v) is 2.89. The van der Waals surface area contributed by atoms with Crippen molar-refractivity contribution in [1.82, 2.24) is 15.5 Å². The highest BCUT2D eigenvalue weighted by molar-refractivity contribution is 5.92. The van der Waals surface area contributed by atoms with Crippen molar-refractivity contribution >= 4 is 22.6 Å². The van der Waals surface area contributed by atoms with E-state index in [4.69, 9.17) is 0 Å². The number of rotatable bonds is 8. The van der Waals surface area contributed by atoms with Crippen molar-refractivity contribution in [3.05, 3.63) is 48.0 Å². The Morgan fingerprint density at radius 1 is 1.04 bits per heavy atom. The molecule has 26 heavy (non-hydrogen) atoms. The van der Waals surface area contributed by atoms with Gasteiger partial charge in [0.2, 0.25) is 11.8 Å². The Morgan fingerprint density at radius 2 is 1.73 bits per heavy atom. The van der Waals surface area contributed by atoms with Crippen molar-refractivity contribution in [2.24, 2.45) is 5.92 Å². The molecule has 0 saturated heterocycles. The summed E-state index contributed by atoms with van der Waals surface area (Å²) in [5, 5.41) is 7.98. The highest BCUT2D eigenvalue weighted by atomic mass is 16.2. The molecule has 0 aliphatic heterocycles. The van der Waals surface area contributed by atoms with Gasteiger partial charge in [0.05, 0.1) is 6.42 Å². The summed E-state index contributed by atoms with van der Waals surface area (Å²) in [4.78, 5) is 27.0. The van der Waals surface area contributed by atoms with Crippen molar-refractivity contribution in [1.29, 1.82) is 0 Å². The molecule has 0 spiro atoms. The van der Waals surface area contributed by atoms with Crippen LogP contribution in [0.5, 0.6) is 0 Å². The third-order valence-electron chi connectivity index (χ3n) is 4.35. The fourth-order valence-electron chi connectivity index (χ4n) is 2.89. The number of carbonyl (C=O) groups excluding carboxylic acids is 2. The van der Waals surface area contributed by atoms with Crippen LogP contribution in [0, 0.1) is 5.92 Å². The maximum atomic E-state index is 12.6. The normalized spacial score (nSPS) is 12.4. The number of nitrogens with one attached hydrogen (secondary N) is 2. The van der Waals surface area contributed by atoms with Crippen LogP contribution in [0.2, 0.25) is 0 Å². The van der Waals surface area contributed by atoms with Crippen molar-refractivity contribution in [2.75, 3.05) is 27.2 Å². The van der Waals surface area contributed by atoms with Gasteiger partial charge in [-0.15, -0.1) is 0 Å². The van der Waals surface area contributed by atoms with Crippen LogP contribution in [-0.4, -0.2) is 49.9 Å². The maximum Gasteiger partial charge on any atom is 0.242 e. The molecule has 2 rings (SSSR count). The number of fused-ring (bicyclic) bond motifs is 1. The molecule has 0 aliphatic rings. The van der Waals surface area contributed by atoms with Crippen LogP contribution in [0.3, 0.4) is 0 Å². The van der Waals surface area contributed by atoms with Crippen molar-refractivity contribution in [3.63, 3.8) is 0 Å². The molecular weight excluding hydrogens is 326 g/mol. The Hall–Kier alpha value is -2.40. The lowest BCUT2D eigenvalue weighted by molar-refractivity contribution is -0.129. The van der Waals surface area contributed by atoms with Crippen LogP contribution in [0.4, 0.5) is 0 Å². The molecule has 0 heterocycles. The van der Waals surface area contributed by atoms with Gasteiger partial charge in [-0.1, -0.05) is 56.3 Å². The van der Waals surface area contributed by atoms with E-state index in [-0.39, 0.29) is 24.2 Å². The zero-order valence-electron chi connectivity index (χ0n) is 16.1. The lowest BCUT2D eigenvalue weighted by atomic mass is 10.0. The third kappa shape index (κ3) is 5.56. The van der Waals surface area contributed by atoms with Crippen molar-refractivity contribution in [2.45, 2.75) is 26.3 Å². The Balaban J connectivity index is 2.02. The van der Waals surface area contributed by atoms with Crippen LogP contribution in [0.25, 0.3) is 10.8 Å². The SMILES string of the molecule is CC(C)[C@H](NC(=O)Cc1cccc2ccccc12)C(=O)NCCN(C)C. The molecule has 140 valence electrons. The van der Waals surface area contributed by atoms with E-state index in [0.717, 1.165) is 22.9 Å². The van der Waals surface area contributed by atoms with E-state index in [2.05, 4.69) is 10.6 Å². The Labute approximate surface area is 155 Å². The first kappa shape index (κ1) is 19.9. The zero-order chi connectivity index (χ0) is 19.1. The Kier molecular flexibility index (Phi) is 7.16. The predicted molar refractivity (Wildman–Crippen MR) is 106 cm³/mol. The van der Waals surface area contributed by atoms with Gasteiger partial charge in [-0.25, -0.2) is 0 Å². The van der Waals surface area contributed by atoms with Gasteiger partial charge in [-0.3, -0.25) is 9.59 Å². The summed E-state index contributed by atoms with van der Waals surface area (Å²) < 4.78 is 0. The number of hydrogen-bond acceptors (Lipinski definition) is 3. The molecule has 5 nitrogen and oxygen atoms in total. The zero-order valence-corrected chi connectivity index (χ0v) is 16.1. The van der Waals surface area contributed by atoms with Gasteiger partial charge in [0.25, 0.3) is 0 Å². The molecule has 2 aromatic rings. The van der Waals surface area contributed by atoms with Gasteiger partial charge in [0.15, 0.2) is 0 Å².